The Morgan fingerprint density at radius 3 is 2.70 bits per heavy atom. The summed E-state index contributed by atoms with van der Waals surface area (Å²) in [7, 11) is 0. The van der Waals surface area contributed by atoms with Crippen LogP contribution in [0.4, 0.5) is 0 Å². The second kappa shape index (κ2) is 6.76. The van der Waals surface area contributed by atoms with Gasteiger partial charge in [0.05, 0.1) is 6.10 Å². The Morgan fingerprint density at radius 2 is 2.00 bits per heavy atom. The highest BCUT2D eigenvalue weighted by atomic mass is 16.5. The van der Waals surface area contributed by atoms with Gasteiger partial charge in [-0.25, -0.2) is 0 Å². The van der Waals surface area contributed by atoms with Gasteiger partial charge >= 0.3 is 0 Å². The van der Waals surface area contributed by atoms with Crippen LogP contribution in [0.15, 0.2) is 0 Å². The van der Waals surface area contributed by atoms with Gasteiger partial charge in [-0.15, -0.1) is 0 Å². The molecule has 20 heavy (non-hydrogen) atoms. The topological polar surface area (TPSA) is 24.5 Å². The zero-order valence-corrected chi connectivity index (χ0v) is 13.2. The number of hydrogen-bond acceptors (Lipinski definition) is 3. The molecule has 3 aliphatic rings. The summed E-state index contributed by atoms with van der Waals surface area (Å²) in [6, 6.07) is 0.716. The van der Waals surface area contributed by atoms with Crippen LogP contribution in [0.3, 0.4) is 0 Å². The molecule has 3 rings (SSSR count). The fourth-order valence-electron chi connectivity index (χ4n) is 4.43. The smallest absolute Gasteiger partial charge is 0.0702 e. The van der Waals surface area contributed by atoms with E-state index in [2.05, 4.69) is 17.1 Å². The van der Waals surface area contributed by atoms with E-state index >= 15 is 0 Å². The molecule has 2 atom stereocenters. The van der Waals surface area contributed by atoms with Gasteiger partial charge in [0.15, 0.2) is 0 Å². The zero-order valence-electron chi connectivity index (χ0n) is 13.2. The molecule has 2 saturated heterocycles. The lowest BCUT2D eigenvalue weighted by atomic mass is 9.79. The standard InChI is InChI=1S/C17H32N2O/c1-2-15-12-18-17(9-5-3-6-10-17)14-19(15)13-16-8-4-7-11-20-16/h15-16,18H,2-14H2,1H3. The molecule has 3 fully saturated rings. The second-order valence-corrected chi connectivity index (χ2v) is 7.20. The normalized spacial score (nSPS) is 35.2. The van der Waals surface area contributed by atoms with Gasteiger partial charge in [0.2, 0.25) is 0 Å². The number of piperazine rings is 1. The van der Waals surface area contributed by atoms with Crippen molar-refractivity contribution in [2.75, 3.05) is 26.2 Å². The third-order valence-corrected chi connectivity index (χ3v) is 5.73. The summed E-state index contributed by atoms with van der Waals surface area (Å²) in [5.74, 6) is 0. The fraction of sp³-hybridized carbons (Fsp3) is 1.00. The van der Waals surface area contributed by atoms with Crippen molar-refractivity contribution >= 4 is 0 Å². The van der Waals surface area contributed by atoms with E-state index in [-0.39, 0.29) is 0 Å². The largest absolute Gasteiger partial charge is 0.377 e. The highest BCUT2D eigenvalue weighted by molar-refractivity contribution is 4.99. The van der Waals surface area contributed by atoms with Crippen LogP contribution in [0.2, 0.25) is 0 Å². The molecule has 1 N–H and O–H groups in total. The van der Waals surface area contributed by atoms with Crippen molar-refractivity contribution in [3.63, 3.8) is 0 Å². The summed E-state index contributed by atoms with van der Waals surface area (Å²) in [5, 5.41) is 3.92. The molecule has 1 aliphatic carbocycles. The van der Waals surface area contributed by atoms with Gasteiger partial charge in [0.25, 0.3) is 0 Å². The van der Waals surface area contributed by atoms with E-state index in [9.17, 15) is 0 Å². The molecule has 0 amide bonds. The molecule has 2 unspecified atom stereocenters. The molecule has 1 saturated carbocycles. The fourth-order valence-corrected chi connectivity index (χ4v) is 4.43. The van der Waals surface area contributed by atoms with E-state index in [0.29, 0.717) is 17.7 Å². The molecule has 2 heterocycles. The number of nitrogens with one attached hydrogen (secondary N) is 1. The zero-order chi connectivity index (χ0) is 13.8. The predicted molar refractivity (Wildman–Crippen MR) is 83.1 cm³/mol. The lowest BCUT2D eigenvalue weighted by Crippen LogP contribution is -2.65. The molecular weight excluding hydrogens is 248 g/mol. The Balaban J connectivity index is 1.61. The van der Waals surface area contributed by atoms with Gasteiger partial charge in [-0.3, -0.25) is 4.90 Å². The minimum absolute atomic E-state index is 0.429. The van der Waals surface area contributed by atoms with Crippen LogP contribution in [0.25, 0.3) is 0 Å². The molecule has 3 heteroatoms. The van der Waals surface area contributed by atoms with Crippen molar-refractivity contribution in [1.29, 1.82) is 0 Å². The number of rotatable bonds is 3. The van der Waals surface area contributed by atoms with E-state index in [0.717, 1.165) is 6.61 Å². The van der Waals surface area contributed by atoms with Gasteiger partial charge in [0.1, 0.15) is 0 Å². The van der Waals surface area contributed by atoms with Crippen molar-refractivity contribution < 1.29 is 4.74 Å². The highest BCUT2D eigenvalue weighted by Gasteiger charge is 2.39. The van der Waals surface area contributed by atoms with E-state index in [1.54, 1.807) is 0 Å². The van der Waals surface area contributed by atoms with Crippen LogP contribution in [0.5, 0.6) is 0 Å². The van der Waals surface area contributed by atoms with Crippen molar-refractivity contribution in [2.45, 2.75) is 82.4 Å². The summed E-state index contributed by atoms with van der Waals surface area (Å²) in [6.07, 6.45) is 12.7. The molecule has 116 valence electrons. The molecule has 0 aromatic carbocycles. The quantitative estimate of drug-likeness (QED) is 0.860. The number of ether oxygens (including phenoxy) is 1. The third kappa shape index (κ3) is 3.37. The summed E-state index contributed by atoms with van der Waals surface area (Å²) in [5.41, 5.74) is 0.429. The Labute approximate surface area is 124 Å². The van der Waals surface area contributed by atoms with Gasteiger partial charge in [-0.1, -0.05) is 26.2 Å². The summed E-state index contributed by atoms with van der Waals surface area (Å²) in [4.78, 5) is 2.76. The van der Waals surface area contributed by atoms with Crippen LogP contribution in [0.1, 0.15) is 64.7 Å². The minimum atomic E-state index is 0.429. The average molecular weight is 280 g/mol. The summed E-state index contributed by atoms with van der Waals surface area (Å²) in [6.45, 7) is 6.93. The van der Waals surface area contributed by atoms with E-state index in [4.69, 9.17) is 4.74 Å². The van der Waals surface area contributed by atoms with Crippen LogP contribution >= 0.6 is 0 Å². The van der Waals surface area contributed by atoms with Gasteiger partial charge in [-0.2, -0.15) is 0 Å². The van der Waals surface area contributed by atoms with Crippen LogP contribution in [-0.2, 0) is 4.74 Å². The maximum absolute atomic E-state index is 5.99. The van der Waals surface area contributed by atoms with Crippen molar-refractivity contribution in [3.8, 4) is 0 Å². The molecule has 0 radical (unpaired) electrons. The van der Waals surface area contributed by atoms with Gasteiger partial charge < -0.3 is 10.1 Å². The van der Waals surface area contributed by atoms with Crippen molar-refractivity contribution in [2.24, 2.45) is 0 Å². The average Bonchev–Trinajstić information content (AvgIpc) is 2.49. The van der Waals surface area contributed by atoms with E-state index in [1.807, 2.05) is 0 Å². The summed E-state index contributed by atoms with van der Waals surface area (Å²) < 4.78 is 5.99. The lowest BCUT2D eigenvalue weighted by Gasteiger charge is -2.50. The molecular formula is C17H32N2O. The molecule has 0 aromatic heterocycles. The number of hydrogen-bond donors (Lipinski definition) is 1. The van der Waals surface area contributed by atoms with Crippen molar-refractivity contribution in [3.05, 3.63) is 0 Å². The highest BCUT2D eigenvalue weighted by Crippen LogP contribution is 2.32. The second-order valence-electron chi connectivity index (χ2n) is 7.20. The maximum Gasteiger partial charge on any atom is 0.0702 e. The molecule has 0 aromatic rings. The monoisotopic (exact) mass is 280 g/mol. The minimum Gasteiger partial charge on any atom is -0.377 e. The Hall–Kier alpha value is -0.120. The lowest BCUT2D eigenvalue weighted by molar-refractivity contribution is -0.0342. The first-order valence-electron chi connectivity index (χ1n) is 8.92. The predicted octanol–water partition coefficient (Wildman–Crippen LogP) is 2.94. The van der Waals surface area contributed by atoms with Gasteiger partial charge in [0, 0.05) is 37.8 Å². The van der Waals surface area contributed by atoms with E-state index in [1.165, 1.54) is 77.4 Å². The van der Waals surface area contributed by atoms with Crippen LogP contribution < -0.4 is 5.32 Å². The first-order valence-corrected chi connectivity index (χ1v) is 8.92. The molecule has 3 nitrogen and oxygen atoms in total. The van der Waals surface area contributed by atoms with Gasteiger partial charge in [-0.05, 0) is 38.5 Å². The summed E-state index contributed by atoms with van der Waals surface area (Å²) >= 11 is 0. The SMILES string of the molecule is CCC1CNC2(CCCCC2)CN1CC1CCCCO1. The third-order valence-electron chi connectivity index (χ3n) is 5.73. The molecule has 2 aliphatic heterocycles. The maximum atomic E-state index is 5.99. The number of nitrogens with zero attached hydrogens (tertiary/aromatic N) is 1. The Kier molecular flexibility index (Phi) is 5.00. The first-order chi connectivity index (χ1) is 9.81. The Bertz CT molecular complexity index is 295. The molecule has 0 bridgehead atoms. The first kappa shape index (κ1) is 14.8. The van der Waals surface area contributed by atoms with E-state index < -0.39 is 0 Å². The van der Waals surface area contributed by atoms with Crippen LogP contribution in [-0.4, -0.2) is 48.8 Å². The van der Waals surface area contributed by atoms with Crippen molar-refractivity contribution in [1.82, 2.24) is 10.2 Å². The van der Waals surface area contributed by atoms with Crippen LogP contribution in [0, 0.1) is 0 Å². The molecule has 1 spiro atoms. The Morgan fingerprint density at radius 1 is 1.15 bits per heavy atom.